The first kappa shape index (κ1) is 29.9. The Hall–Kier alpha value is -3.59. The Labute approximate surface area is 249 Å². The van der Waals surface area contributed by atoms with Crippen molar-refractivity contribution < 1.29 is 4.79 Å². The molecular weight excluding hydrogens is 524 g/mol. The lowest BCUT2D eigenvalue weighted by Gasteiger charge is -2.26. The zero-order chi connectivity index (χ0) is 29.5. The minimum atomic E-state index is 0.116. The molecule has 5 rings (SSSR count). The number of rotatable bonds is 13. The molecule has 0 spiro atoms. The van der Waals surface area contributed by atoms with Crippen LogP contribution in [0.2, 0.25) is 0 Å². The van der Waals surface area contributed by atoms with Gasteiger partial charge in [0.25, 0.3) is 5.91 Å². The fourth-order valence-corrected chi connectivity index (χ4v) is 5.76. The molecule has 224 valence electrons. The van der Waals surface area contributed by atoms with Gasteiger partial charge in [0.1, 0.15) is 0 Å². The maximum Gasteiger partial charge on any atom is 0.253 e. The van der Waals surface area contributed by atoms with Gasteiger partial charge in [-0.2, -0.15) is 10.3 Å². The van der Waals surface area contributed by atoms with Crippen LogP contribution in [-0.4, -0.2) is 78.7 Å². The average Bonchev–Trinajstić information content (AvgIpc) is 3.66. The highest BCUT2D eigenvalue weighted by Gasteiger charge is 2.21. The molecular formula is C33H46N8O. The first-order chi connectivity index (χ1) is 20.4. The van der Waals surface area contributed by atoms with E-state index in [-0.39, 0.29) is 5.91 Å². The molecule has 1 saturated heterocycles. The van der Waals surface area contributed by atoms with Crippen LogP contribution in [-0.2, 0) is 6.42 Å². The lowest BCUT2D eigenvalue weighted by molar-refractivity contribution is 0.0741. The Morgan fingerprint density at radius 2 is 1.64 bits per heavy atom. The van der Waals surface area contributed by atoms with E-state index < -0.39 is 0 Å². The van der Waals surface area contributed by atoms with Crippen molar-refractivity contribution in [2.75, 3.05) is 32.7 Å². The van der Waals surface area contributed by atoms with Gasteiger partial charge in [-0.05, 0) is 87.3 Å². The van der Waals surface area contributed by atoms with Crippen molar-refractivity contribution in [1.29, 1.82) is 0 Å². The zero-order valence-electron chi connectivity index (χ0n) is 25.7. The van der Waals surface area contributed by atoms with E-state index in [9.17, 15) is 4.79 Å². The van der Waals surface area contributed by atoms with Gasteiger partial charge < -0.3 is 9.80 Å². The molecule has 3 aromatic heterocycles. The van der Waals surface area contributed by atoms with E-state index in [0.29, 0.717) is 17.7 Å². The second-order valence-electron chi connectivity index (χ2n) is 12.5. The molecule has 0 saturated carbocycles. The molecule has 4 aromatic rings. The monoisotopic (exact) mass is 570 g/mol. The SMILES string of the molecule is CC(C)CCN(CCC(C)C)C(=O)c1ccn2nc(-c3ccc(-c4nn[nH]n4)cc3)c(CCCN3CCCCC3)c2c1. The molecule has 1 amide bonds. The summed E-state index contributed by atoms with van der Waals surface area (Å²) in [6.45, 7) is 13.9. The minimum absolute atomic E-state index is 0.116. The third kappa shape index (κ3) is 7.43. The fraction of sp³-hybridized carbons (Fsp3) is 0.545. The summed E-state index contributed by atoms with van der Waals surface area (Å²) < 4.78 is 1.95. The highest BCUT2D eigenvalue weighted by molar-refractivity contribution is 5.95. The molecule has 42 heavy (non-hydrogen) atoms. The van der Waals surface area contributed by atoms with Gasteiger partial charge >= 0.3 is 0 Å². The van der Waals surface area contributed by atoms with Gasteiger partial charge in [0, 0.05) is 41.5 Å². The number of H-pyrrole nitrogens is 1. The summed E-state index contributed by atoms with van der Waals surface area (Å²) in [5, 5.41) is 19.4. The smallest absolute Gasteiger partial charge is 0.253 e. The molecule has 1 aliphatic heterocycles. The van der Waals surface area contributed by atoms with Crippen LogP contribution in [0.15, 0.2) is 42.6 Å². The number of benzene rings is 1. The predicted molar refractivity (Wildman–Crippen MR) is 167 cm³/mol. The van der Waals surface area contributed by atoms with E-state index in [4.69, 9.17) is 5.10 Å². The van der Waals surface area contributed by atoms with Crippen molar-refractivity contribution in [2.45, 2.75) is 72.6 Å². The standard InChI is InChI=1S/C33H46N8O/c1-24(2)14-20-40(21-15-25(3)4)33(42)28-16-22-41-30(23-28)29(9-8-19-39-17-6-5-7-18-39)31(36-41)26-10-12-27(13-11-26)32-34-37-38-35-32/h10-13,16,22-25H,5-9,14-15,17-21H2,1-4H3,(H,34,35,37,38). The predicted octanol–water partition coefficient (Wildman–Crippen LogP) is 6.13. The second-order valence-corrected chi connectivity index (χ2v) is 12.5. The number of aryl methyl sites for hydroxylation is 1. The number of hydrogen-bond donors (Lipinski definition) is 1. The number of tetrazole rings is 1. The van der Waals surface area contributed by atoms with Crippen LogP contribution >= 0.6 is 0 Å². The summed E-state index contributed by atoms with van der Waals surface area (Å²) >= 11 is 0. The van der Waals surface area contributed by atoms with Crippen LogP contribution in [0.5, 0.6) is 0 Å². The lowest BCUT2D eigenvalue weighted by Crippen LogP contribution is -2.34. The first-order valence-electron chi connectivity index (χ1n) is 15.8. The van der Waals surface area contributed by atoms with Crippen LogP contribution in [0, 0.1) is 11.8 Å². The third-order valence-electron chi connectivity index (χ3n) is 8.34. The Morgan fingerprint density at radius 3 is 2.29 bits per heavy atom. The molecule has 0 aliphatic carbocycles. The number of aromatic amines is 1. The Balaban J connectivity index is 1.45. The van der Waals surface area contributed by atoms with Gasteiger partial charge in [-0.15, -0.1) is 10.2 Å². The van der Waals surface area contributed by atoms with Crippen molar-refractivity contribution >= 4 is 11.4 Å². The van der Waals surface area contributed by atoms with Crippen LogP contribution in [0.3, 0.4) is 0 Å². The summed E-state index contributed by atoms with van der Waals surface area (Å²) in [6, 6.07) is 12.2. The Morgan fingerprint density at radius 1 is 0.952 bits per heavy atom. The highest BCUT2D eigenvalue weighted by atomic mass is 16.2. The largest absolute Gasteiger partial charge is 0.339 e. The summed E-state index contributed by atoms with van der Waals surface area (Å²) in [6.07, 6.45) is 9.86. The molecule has 1 fully saturated rings. The van der Waals surface area contributed by atoms with Crippen molar-refractivity contribution in [1.82, 2.24) is 40.0 Å². The maximum atomic E-state index is 13.8. The van der Waals surface area contributed by atoms with Gasteiger partial charge in [-0.25, -0.2) is 4.52 Å². The van der Waals surface area contributed by atoms with E-state index in [2.05, 4.69) is 76.3 Å². The fourth-order valence-electron chi connectivity index (χ4n) is 5.76. The number of nitrogens with zero attached hydrogens (tertiary/aromatic N) is 7. The van der Waals surface area contributed by atoms with Gasteiger partial charge in [0.05, 0.1) is 11.2 Å². The number of pyridine rings is 1. The minimum Gasteiger partial charge on any atom is -0.339 e. The van der Waals surface area contributed by atoms with Crippen molar-refractivity contribution in [3.05, 3.63) is 53.7 Å². The summed E-state index contributed by atoms with van der Waals surface area (Å²) in [5.74, 6) is 1.79. The molecule has 0 unspecified atom stereocenters. The molecule has 0 bridgehead atoms. The number of piperidine rings is 1. The van der Waals surface area contributed by atoms with Crippen LogP contribution < -0.4 is 0 Å². The first-order valence-corrected chi connectivity index (χ1v) is 15.8. The number of nitrogens with one attached hydrogen (secondary N) is 1. The summed E-state index contributed by atoms with van der Waals surface area (Å²) in [5.41, 5.74) is 5.87. The second kappa shape index (κ2) is 14.1. The Kier molecular flexibility index (Phi) is 10.00. The van der Waals surface area contributed by atoms with E-state index in [1.54, 1.807) is 0 Å². The molecule has 1 aliphatic rings. The molecule has 4 heterocycles. The van der Waals surface area contributed by atoms with Gasteiger partial charge in [0.2, 0.25) is 5.82 Å². The van der Waals surface area contributed by atoms with Crippen molar-refractivity contribution in [2.24, 2.45) is 11.8 Å². The number of likely N-dealkylation sites (tertiary alicyclic amines) is 1. The quantitative estimate of drug-likeness (QED) is 0.208. The van der Waals surface area contributed by atoms with E-state index in [1.807, 2.05) is 28.9 Å². The van der Waals surface area contributed by atoms with Gasteiger partial charge in [0.15, 0.2) is 0 Å². The van der Waals surface area contributed by atoms with Crippen LogP contribution in [0.4, 0.5) is 0 Å². The zero-order valence-corrected chi connectivity index (χ0v) is 25.7. The Bertz CT molecular complexity index is 1410. The number of carbonyl (C=O) groups excluding carboxylic acids is 1. The summed E-state index contributed by atoms with van der Waals surface area (Å²) in [4.78, 5) is 18.5. The normalized spacial score (nSPS) is 14.3. The highest BCUT2D eigenvalue weighted by Crippen LogP contribution is 2.30. The topological polar surface area (TPSA) is 95.3 Å². The molecule has 0 radical (unpaired) electrons. The molecule has 9 heteroatoms. The van der Waals surface area contributed by atoms with Gasteiger partial charge in [-0.1, -0.05) is 58.4 Å². The molecule has 1 N–H and O–H groups in total. The van der Waals surface area contributed by atoms with E-state index >= 15 is 0 Å². The maximum absolute atomic E-state index is 13.8. The summed E-state index contributed by atoms with van der Waals surface area (Å²) in [7, 11) is 0. The van der Waals surface area contributed by atoms with E-state index in [0.717, 1.165) is 73.2 Å². The van der Waals surface area contributed by atoms with Crippen molar-refractivity contribution in [3.63, 3.8) is 0 Å². The molecule has 0 atom stereocenters. The van der Waals surface area contributed by atoms with Crippen LogP contribution in [0.25, 0.3) is 28.2 Å². The number of aromatic nitrogens is 6. The number of hydrogen-bond acceptors (Lipinski definition) is 6. The van der Waals surface area contributed by atoms with Gasteiger partial charge in [-0.3, -0.25) is 4.79 Å². The number of amides is 1. The number of fused-ring (bicyclic) bond motifs is 1. The molecule has 9 nitrogen and oxygen atoms in total. The van der Waals surface area contributed by atoms with Crippen molar-refractivity contribution in [3.8, 4) is 22.6 Å². The van der Waals surface area contributed by atoms with E-state index in [1.165, 1.54) is 37.9 Å². The molecule has 1 aromatic carbocycles. The number of carbonyl (C=O) groups is 1. The van der Waals surface area contributed by atoms with Crippen LogP contribution in [0.1, 0.15) is 82.1 Å². The lowest BCUT2D eigenvalue weighted by atomic mass is 10.00. The third-order valence-corrected chi connectivity index (χ3v) is 8.34. The average molecular weight is 571 g/mol.